The molecule has 0 saturated carbocycles. The topological polar surface area (TPSA) is 43.4 Å². The van der Waals surface area contributed by atoms with Crippen LogP contribution < -0.4 is 14.5 Å². The minimum absolute atomic E-state index is 0. The third-order valence-corrected chi connectivity index (χ3v) is 15.1. The number of anilines is 3. The molecule has 5 heterocycles. The summed E-state index contributed by atoms with van der Waals surface area (Å²) >= 11 is 0. The van der Waals surface area contributed by atoms with Gasteiger partial charge in [0, 0.05) is 88.3 Å². The van der Waals surface area contributed by atoms with Crippen LogP contribution in [0.3, 0.4) is 0 Å². The van der Waals surface area contributed by atoms with Crippen molar-refractivity contribution in [3.8, 4) is 39.8 Å². The number of nitrogens with zero attached hydrogens (tertiary/aromatic N) is 6. The summed E-state index contributed by atoms with van der Waals surface area (Å²) < 4.78 is 13.9. The van der Waals surface area contributed by atoms with Crippen molar-refractivity contribution in [3.63, 3.8) is 0 Å². The Labute approximate surface area is 438 Å². The second-order valence-corrected chi connectivity index (χ2v) is 19.1. The van der Waals surface area contributed by atoms with E-state index in [9.17, 15) is 0 Å². The normalized spacial score (nSPS) is 12.5. The molecule has 0 aliphatic carbocycles. The smallest absolute Gasteiger partial charge is 0.135 e. The Morgan fingerprint density at radius 2 is 0.945 bits per heavy atom. The summed E-state index contributed by atoms with van der Waals surface area (Å²) in [5.74, 6) is 1.99. The molecule has 9 aromatic carbocycles. The number of ether oxygens (including phenoxy) is 1. The molecular weight excluding hydrogens is 1080 g/mol. The van der Waals surface area contributed by atoms with Crippen LogP contribution in [0, 0.1) is 46.5 Å². The van der Waals surface area contributed by atoms with Crippen molar-refractivity contribution in [2.45, 2.75) is 27.7 Å². The first kappa shape index (κ1) is 44.6. The summed E-state index contributed by atoms with van der Waals surface area (Å²) in [6.45, 7) is 11.2. The molecule has 13 aromatic rings. The number of benzene rings is 9. The van der Waals surface area contributed by atoms with Gasteiger partial charge in [0.2, 0.25) is 0 Å². The summed E-state index contributed by atoms with van der Waals surface area (Å²) in [5, 5.41) is 7.08. The first-order chi connectivity index (χ1) is 35.3. The molecule has 1 aliphatic heterocycles. The van der Waals surface area contributed by atoms with Gasteiger partial charge in [-0.3, -0.25) is 0 Å². The number of para-hydroxylation sites is 7. The Hall–Kier alpha value is -8.38. The van der Waals surface area contributed by atoms with Crippen molar-refractivity contribution in [2.75, 3.05) is 16.8 Å². The molecule has 356 valence electrons. The summed E-state index contributed by atoms with van der Waals surface area (Å²) in [7, 11) is 2.06. The van der Waals surface area contributed by atoms with Gasteiger partial charge in [0.1, 0.15) is 5.82 Å². The average molecular weight is 1120 g/mol. The molecule has 73 heavy (non-hydrogen) atoms. The standard InChI is InChI=1S/C65H47N6O.Pt/c1-40-35-62(69-54-26-11-6-25-51(54)52-34-33-46(37-61(52)69)72-45-20-18-19-44(36-45)68-39-67(5)59-31-16-17-32-60(59)68)66-38-53(40)63-64(70-55-27-12-7-21-47(55)48-22-8-13-28-56(48)70)42(3)41(2)43(4)65(63)71-57-29-14-9-23-49(57)50-24-10-15-30-58(50)71;/h6-35,38-39H,1-5H3;/q-3;. The third-order valence-electron chi connectivity index (χ3n) is 15.1. The van der Waals surface area contributed by atoms with Crippen molar-refractivity contribution in [1.82, 2.24) is 18.7 Å². The van der Waals surface area contributed by atoms with E-state index in [-0.39, 0.29) is 21.1 Å². The number of aromatic nitrogens is 4. The van der Waals surface area contributed by atoms with Crippen LogP contribution in [-0.2, 0) is 21.1 Å². The van der Waals surface area contributed by atoms with E-state index in [1.165, 1.54) is 38.2 Å². The van der Waals surface area contributed by atoms with E-state index >= 15 is 0 Å². The fourth-order valence-electron chi connectivity index (χ4n) is 11.6. The maximum atomic E-state index is 6.64. The molecule has 1 aliphatic rings. The molecule has 0 spiro atoms. The summed E-state index contributed by atoms with van der Waals surface area (Å²) in [6.07, 6.45) is 2.11. The number of rotatable bonds is 7. The fraction of sp³-hybridized carbons (Fsp3) is 0.0769. The van der Waals surface area contributed by atoms with Crippen molar-refractivity contribution < 1.29 is 25.8 Å². The maximum Gasteiger partial charge on any atom is 0.135 e. The van der Waals surface area contributed by atoms with Gasteiger partial charge in [0.25, 0.3) is 0 Å². The van der Waals surface area contributed by atoms with E-state index in [2.05, 4.69) is 247 Å². The van der Waals surface area contributed by atoms with Crippen molar-refractivity contribution in [1.29, 1.82) is 0 Å². The molecular formula is C65H47N6OPt-3. The largest absolute Gasteiger partial charge is 0.509 e. The quantitative estimate of drug-likeness (QED) is 0.149. The van der Waals surface area contributed by atoms with Gasteiger partial charge in [-0.25, -0.2) is 4.98 Å². The molecule has 0 fully saturated rings. The van der Waals surface area contributed by atoms with Crippen LogP contribution in [0.4, 0.5) is 17.1 Å². The van der Waals surface area contributed by atoms with Crippen molar-refractivity contribution in [3.05, 3.63) is 229 Å². The number of aryl methyl sites for hydroxylation is 1. The number of hydrogen-bond donors (Lipinski definition) is 0. The Kier molecular flexibility index (Phi) is 10.5. The third kappa shape index (κ3) is 6.72. The molecule has 0 radical (unpaired) electrons. The molecule has 7 nitrogen and oxygen atoms in total. The molecule has 14 rings (SSSR count). The zero-order chi connectivity index (χ0) is 48.4. The molecule has 8 heteroatoms. The zero-order valence-electron chi connectivity index (χ0n) is 40.9. The van der Waals surface area contributed by atoms with Crippen LogP contribution in [0.25, 0.3) is 93.7 Å². The molecule has 0 saturated heterocycles. The zero-order valence-corrected chi connectivity index (χ0v) is 43.2. The monoisotopic (exact) mass is 1120 g/mol. The number of pyridine rings is 1. The average Bonchev–Trinajstić information content (AvgIpc) is 4.15. The minimum atomic E-state index is 0. The number of fused-ring (bicyclic) bond motifs is 10. The van der Waals surface area contributed by atoms with Crippen LogP contribution in [0.15, 0.2) is 188 Å². The van der Waals surface area contributed by atoms with Gasteiger partial charge in [-0.1, -0.05) is 109 Å². The number of hydrogen-bond acceptors (Lipinski definition) is 4. The van der Waals surface area contributed by atoms with Crippen LogP contribution in [-0.4, -0.2) is 25.7 Å². The van der Waals surface area contributed by atoms with Crippen LogP contribution in [0.1, 0.15) is 22.3 Å². The van der Waals surface area contributed by atoms with E-state index in [0.29, 0.717) is 11.5 Å². The van der Waals surface area contributed by atoms with Gasteiger partial charge in [-0.05, 0) is 111 Å². The Morgan fingerprint density at radius 1 is 0.466 bits per heavy atom. The van der Waals surface area contributed by atoms with E-state index in [4.69, 9.17) is 9.72 Å². The predicted octanol–water partition coefficient (Wildman–Crippen LogP) is 16.4. The summed E-state index contributed by atoms with van der Waals surface area (Å²) in [6, 6.07) is 71.8. The fourth-order valence-corrected chi connectivity index (χ4v) is 11.6. The Balaban J connectivity index is 0.00000516. The van der Waals surface area contributed by atoms with Gasteiger partial charge < -0.3 is 28.2 Å². The molecule has 0 N–H and O–H groups in total. The minimum Gasteiger partial charge on any atom is -0.509 e. The Bertz CT molecular complexity index is 4140. The van der Waals surface area contributed by atoms with Gasteiger partial charge in [-0.2, -0.15) is 18.8 Å². The molecule has 0 bridgehead atoms. The van der Waals surface area contributed by atoms with E-state index < -0.39 is 0 Å². The first-order valence-electron chi connectivity index (χ1n) is 24.5. The van der Waals surface area contributed by atoms with Crippen molar-refractivity contribution >= 4 is 82.5 Å². The Morgan fingerprint density at radius 3 is 1.49 bits per heavy atom. The maximum absolute atomic E-state index is 6.64. The van der Waals surface area contributed by atoms with Crippen molar-refractivity contribution in [2.24, 2.45) is 0 Å². The van der Waals surface area contributed by atoms with Crippen LogP contribution >= 0.6 is 0 Å². The second-order valence-electron chi connectivity index (χ2n) is 19.1. The van der Waals surface area contributed by atoms with Gasteiger partial charge in [0.05, 0.1) is 33.4 Å². The van der Waals surface area contributed by atoms with E-state index in [0.717, 1.165) is 94.8 Å². The SMILES string of the molecule is Cc1cc(-n2c3[c-]c(Oc4[c-]c(N5[CH-]N(C)c6ccccc65)ccc4)ccc3c3ccccc32)ncc1-c1c(-n2c3ccccc3c3ccccc32)c(C)c(C)c(C)c1-n1c2ccccc2c2ccccc21.[Pt]. The summed E-state index contributed by atoms with van der Waals surface area (Å²) in [4.78, 5) is 9.76. The summed E-state index contributed by atoms with van der Waals surface area (Å²) in [5.41, 5.74) is 19.0. The van der Waals surface area contributed by atoms with Gasteiger partial charge >= 0.3 is 0 Å². The van der Waals surface area contributed by atoms with Gasteiger partial charge in [-0.15, -0.1) is 41.4 Å². The molecule has 4 aromatic heterocycles. The molecule has 0 amide bonds. The second kappa shape index (κ2) is 17.1. The van der Waals surface area contributed by atoms with Crippen LogP contribution in [0.5, 0.6) is 11.5 Å². The molecule has 0 atom stereocenters. The van der Waals surface area contributed by atoms with Crippen LogP contribution in [0.2, 0.25) is 0 Å². The predicted molar refractivity (Wildman–Crippen MR) is 297 cm³/mol. The van der Waals surface area contributed by atoms with E-state index in [1.54, 1.807) is 0 Å². The van der Waals surface area contributed by atoms with E-state index in [1.807, 2.05) is 18.2 Å². The first-order valence-corrected chi connectivity index (χ1v) is 24.5. The molecule has 0 unspecified atom stereocenters. The van der Waals surface area contributed by atoms with Gasteiger partial charge in [0.15, 0.2) is 0 Å².